The maximum Gasteiger partial charge on any atom is 0.191 e. The topological polar surface area (TPSA) is 61.4 Å². The number of hydrogen-bond donors (Lipinski definition) is 2. The van der Waals surface area contributed by atoms with Crippen LogP contribution in [0.2, 0.25) is 0 Å². The molecule has 2 saturated heterocycles. The minimum atomic E-state index is 0. The number of rotatable bonds is 9. The molecule has 2 N–H and O–H groups in total. The summed E-state index contributed by atoms with van der Waals surface area (Å²) in [6, 6.07) is 1.45. The van der Waals surface area contributed by atoms with Gasteiger partial charge in [0.1, 0.15) is 0 Å². The van der Waals surface area contributed by atoms with Crippen LogP contribution in [0.25, 0.3) is 0 Å². The molecule has 2 rings (SSSR count). The summed E-state index contributed by atoms with van der Waals surface area (Å²) >= 11 is 0. The lowest BCUT2D eigenvalue weighted by atomic mass is 9.92. The number of ether oxygens (including phenoxy) is 2. The molecule has 0 aromatic carbocycles. The molecule has 3 unspecified atom stereocenters. The predicted octanol–water partition coefficient (Wildman–Crippen LogP) is 2.02. The summed E-state index contributed by atoms with van der Waals surface area (Å²) in [7, 11) is 1.86. The maximum atomic E-state index is 5.56. The highest BCUT2D eigenvalue weighted by molar-refractivity contribution is 14.0. The van der Waals surface area contributed by atoms with E-state index in [1.807, 2.05) is 7.05 Å². The molecule has 0 aliphatic carbocycles. The van der Waals surface area contributed by atoms with E-state index in [1.165, 1.54) is 12.8 Å². The molecule has 2 aliphatic rings. The number of nitrogens with zero attached hydrogens (tertiary/aromatic N) is 3. The lowest BCUT2D eigenvalue weighted by Crippen LogP contribution is -2.55. The summed E-state index contributed by atoms with van der Waals surface area (Å²) in [5.41, 5.74) is 0. The highest BCUT2D eigenvalue weighted by Gasteiger charge is 2.27. The van der Waals surface area contributed by atoms with E-state index < -0.39 is 0 Å². The lowest BCUT2D eigenvalue weighted by Gasteiger charge is -2.39. The van der Waals surface area contributed by atoms with Gasteiger partial charge < -0.3 is 20.1 Å². The second-order valence-corrected chi connectivity index (χ2v) is 8.14. The Balaban J connectivity index is 0.00000420. The molecule has 0 bridgehead atoms. The Morgan fingerprint density at radius 1 is 1.03 bits per heavy atom. The standard InChI is InChI=1S/C21H43N5O2.HI/c1-6-19(7-2)20(25-8-11-27-12-9-25)15-24-21(22-5)23-14-17(3)26-10-13-28-16-18(26)4;/h17-20H,6-16H2,1-5H3,(H2,22,23,24);1H. The molecule has 2 aliphatic heterocycles. The number of morpholine rings is 2. The van der Waals surface area contributed by atoms with E-state index in [0.717, 1.165) is 65.1 Å². The van der Waals surface area contributed by atoms with Gasteiger partial charge in [-0.15, -0.1) is 24.0 Å². The van der Waals surface area contributed by atoms with Gasteiger partial charge in [-0.2, -0.15) is 0 Å². The monoisotopic (exact) mass is 525 g/mol. The van der Waals surface area contributed by atoms with Gasteiger partial charge in [0.15, 0.2) is 5.96 Å². The van der Waals surface area contributed by atoms with Crippen LogP contribution in [0.1, 0.15) is 40.5 Å². The number of nitrogens with one attached hydrogen (secondary N) is 2. The average Bonchev–Trinajstić information content (AvgIpc) is 2.73. The first-order chi connectivity index (χ1) is 13.6. The molecular formula is C21H44IN5O2. The van der Waals surface area contributed by atoms with Crippen LogP contribution < -0.4 is 10.6 Å². The van der Waals surface area contributed by atoms with E-state index in [-0.39, 0.29) is 24.0 Å². The first kappa shape index (κ1) is 26.9. The van der Waals surface area contributed by atoms with E-state index in [2.05, 4.69) is 53.1 Å². The van der Waals surface area contributed by atoms with Crippen LogP contribution >= 0.6 is 24.0 Å². The first-order valence-corrected chi connectivity index (χ1v) is 11.2. The van der Waals surface area contributed by atoms with Gasteiger partial charge in [-0.3, -0.25) is 14.8 Å². The normalized spacial score (nSPS) is 24.1. The van der Waals surface area contributed by atoms with Crippen LogP contribution in [0, 0.1) is 5.92 Å². The molecule has 7 nitrogen and oxygen atoms in total. The minimum absolute atomic E-state index is 0. The van der Waals surface area contributed by atoms with Gasteiger partial charge in [0.2, 0.25) is 0 Å². The molecule has 172 valence electrons. The van der Waals surface area contributed by atoms with Crippen LogP contribution in [-0.2, 0) is 9.47 Å². The van der Waals surface area contributed by atoms with Crippen LogP contribution in [0.3, 0.4) is 0 Å². The van der Waals surface area contributed by atoms with E-state index in [1.54, 1.807) is 0 Å². The molecular weight excluding hydrogens is 481 g/mol. The number of hydrogen-bond acceptors (Lipinski definition) is 5. The molecule has 8 heteroatoms. The van der Waals surface area contributed by atoms with Gasteiger partial charge in [0.05, 0.1) is 26.4 Å². The summed E-state index contributed by atoms with van der Waals surface area (Å²) < 4.78 is 11.1. The Bertz CT molecular complexity index is 458. The Labute approximate surface area is 195 Å². The molecule has 0 amide bonds. The highest BCUT2D eigenvalue weighted by atomic mass is 127. The summed E-state index contributed by atoms with van der Waals surface area (Å²) in [4.78, 5) is 9.58. The average molecular weight is 526 g/mol. The molecule has 2 heterocycles. The van der Waals surface area contributed by atoms with E-state index in [4.69, 9.17) is 9.47 Å². The van der Waals surface area contributed by atoms with Gasteiger partial charge in [0.25, 0.3) is 0 Å². The molecule has 2 fully saturated rings. The maximum absolute atomic E-state index is 5.56. The van der Waals surface area contributed by atoms with Crippen molar-refractivity contribution in [2.75, 3.05) is 66.2 Å². The van der Waals surface area contributed by atoms with Gasteiger partial charge in [0, 0.05) is 57.9 Å². The third-order valence-corrected chi connectivity index (χ3v) is 6.36. The van der Waals surface area contributed by atoms with Crippen molar-refractivity contribution >= 4 is 29.9 Å². The van der Waals surface area contributed by atoms with Crippen LogP contribution in [0.4, 0.5) is 0 Å². The van der Waals surface area contributed by atoms with Crippen molar-refractivity contribution in [3.05, 3.63) is 0 Å². The summed E-state index contributed by atoms with van der Waals surface area (Å²) in [5, 5.41) is 7.13. The molecule has 0 aromatic heterocycles. The fourth-order valence-electron chi connectivity index (χ4n) is 4.51. The zero-order chi connectivity index (χ0) is 20.4. The van der Waals surface area contributed by atoms with Gasteiger partial charge in [-0.25, -0.2) is 0 Å². The van der Waals surface area contributed by atoms with E-state index in [0.29, 0.717) is 24.0 Å². The zero-order valence-electron chi connectivity index (χ0n) is 19.2. The molecule has 29 heavy (non-hydrogen) atoms. The Hall–Kier alpha value is -0.160. The Morgan fingerprint density at radius 3 is 2.24 bits per heavy atom. The van der Waals surface area contributed by atoms with Crippen molar-refractivity contribution in [3.8, 4) is 0 Å². The Morgan fingerprint density at radius 2 is 1.66 bits per heavy atom. The van der Waals surface area contributed by atoms with Crippen molar-refractivity contribution in [1.82, 2.24) is 20.4 Å². The summed E-state index contributed by atoms with van der Waals surface area (Å²) in [5.74, 6) is 1.59. The third kappa shape index (κ3) is 8.47. The van der Waals surface area contributed by atoms with Crippen molar-refractivity contribution in [2.45, 2.75) is 58.7 Å². The molecule has 0 aromatic rings. The number of aliphatic imine (C=N–C) groups is 1. The van der Waals surface area contributed by atoms with Crippen LogP contribution in [-0.4, -0.2) is 100 Å². The van der Waals surface area contributed by atoms with Crippen molar-refractivity contribution in [3.63, 3.8) is 0 Å². The Kier molecular flexibility index (Phi) is 13.7. The largest absolute Gasteiger partial charge is 0.379 e. The van der Waals surface area contributed by atoms with E-state index in [9.17, 15) is 0 Å². The van der Waals surface area contributed by atoms with Crippen molar-refractivity contribution in [2.24, 2.45) is 10.9 Å². The zero-order valence-corrected chi connectivity index (χ0v) is 21.5. The number of guanidine groups is 1. The minimum Gasteiger partial charge on any atom is -0.379 e. The fraction of sp³-hybridized carbons (Fsp3) is 0.952. The van der Waals surface area contributed by atoms with E-state index >= 15 is 0 Å². The second-order valence-electron chi connectivity index (χ2n) is 8.14. The molecule has 0 radical (unpaired) electrons. The van der Waals surface area contributed by atoms with Gasteiger partial charge in [-0.1, -0.05) is 26.7 Å². The highest BCUT2D eigenvalue weighted by Crippen LogP contribution is 2.19. The van der Waals surface area contributed by atoms with Crippen molar-refractivity contribution < 1.29 is 9.47 Å². The predicted molar refractivity (Wildman–Crippen MR) is 131 cm³/mol. The summed E-state index contributed by atoms with van der Waals surface area (Å²) in [6.45, 7) is 17.4. The lowest BCUT2D eigenvalue weighted by molar-refractivity contribution is -0.0174. The SMILES string of the molecule is CCC(CC)C(CNC(=NC)NCC(C)N1CCOCC1C)N1CCOCC1.I. The smallest absolute Gasteiger partial charge is 0.191 e. The quantitative estimate of drug-likeness (QED) is 0.273. The van der Waals surface area contributed by atoms with Crippen LogP contribution in [0.5, 0.6) is 0 Å². The molecule has 0 saturated carbocycles. The summed E-state index contributed by atoms with van der Waals surface area (Å²) in [6.07, 6.45) is 2.41. The number of halogens is 1. The molecule has 0 spiro atoms. The van der Waals surface area contributed by atoms with Crippen LogP contribution in [0.15, 0.2) is 4.99 Å². The molecule has 3 atom stereocenters. The first-order valence-electron chi connectivity index (χ1n) is 11.2. The third-order valence-electron chi connectivity index (χ3n) is 6.36. The fourth-order valence-corrected chi connectivity index (χ4v) is 4.51. The van der Waals surface area contributed by atoms with Crippen molar-refractivity contribution in [1.29, 1.82) is 0 Å². The van der Waals surface area contributed by atoms with Gasteiger partial charge in [-0.05, 0) is 19.8 Å². The van der Waals surface area contributed by atoms with Gasteiger partial charge >= 0.3 is 0 Å². The second kappa shape index (κ2) is 14.8.